The number of hydrogen-bond donors (Lipinski definition) is 1. The minimum atomic E-state index is -0.210. The standard InChI is InChI=1S/C22H28N6O2S/c1-6-11-27(12-19(29)24-18-10-8-7-9-14(18)2)20(30)13-31-22-25-21-23-16(4)15(3)17(5)28(21)26-22/h7-10H,6,11-13H2,1-5H3,(H,24,29). The third-order valence-corrected chi connectivity index (χ3v) is 5.99. The number of aromatic nitrogens is 4. The smallest absolute Gasteiger partial charge is 0.253 e. The van der Waals surface area contributed by atoms with Crippen molar-refractivity contribution in [2.75, 3.05) is 24.2 Å². The van der Waals surface area contributed by atoms with Crippen molar-refractivity contribution in [3.05, 3.63) is 46.8 Å². The number of anilines is 1. The maximum atomic E-state index is 12.8. The second-order valence-corrected chi connectivity index (χ2v) is 8.42. The third kappa shape index (κ3) is 5.41. The van der Waals surface area contributed by atoms with Gasteiger partial charge in [0.15, 0.2) is 0 Å². The lowest BCUT2D eigenvalue weighted by molar-refractivity contribution is -0.132. The minimum Gasteiger partial charge on any atom is -0.333 e. The lowest BCUT2D eigenvalue weighted by Gasteiger charge is -2.21. The Balaban J connectivity index is 1.64. The normalized spacial score (nSPS) is 11.0. The lowest BCUT2D eigenvalue weighted by atomic mass is 10.2. The molecule has 164 valence electrons. The Morgan fingerprint density at radius 1 is 1.13 bits per heavy atom. The van der Waals surface area contributed by atoms with E-state index in [1.807, 2.05) is 58.9 Å². The summed E-state index contributed by atoms with van der Waals surface area (Å²) in [4.78, 5) is 35.8. The summed E-state index contributed by atoms with van der Waals surface area (Å²) >= 11 is 1.26. The van der Waals surface area contributed by atoms with Gasteiger partial charge in [-0.15, -0.1) is 5.10 Å². The van der Waals surface area contributed by atoms with Crippen molar-refractivity contribution in [2.24, 2.45) is 0 Å². The fourth-order valence-corrected chi connectivity index (χ4v) is 3.87. The van der Waals surface area contributed by atoms with Crippen molar-refractivity contribution in [1.82, 2.24) is 24.5 Å². The van der Waals surface area contributed by atoms with Crippen molar-refractivity contribution in [3.8, 4) is 0 Å². The highest BCUT2D eigenvalue weighted by Crippen LogP contribution is 2.18. The Morgan fingerprint density at radius 2 is 1.87 bits per heavy atom. The fraction of sp³-hybridized carbons (Fsp3) is 0.409. The Hall–Kier alpha value is -2.94. The molecule has 0 unspecified atom stereocenters. The molecule has 9 heteroatoms. The summed E-state index contributed by atoms with van der Waals surface area (Å²) in [7, 11) is 0. The number of rotatable bonds is 8. The number of benzene rings is 1. The molecular weight excluding hydrogens is 412 g/mol. The second kappa shape index (κ2) is 9.91. The third-order valence-electron chi connectivity index (χ3n) is 5.17. The molecule has 3 aromatic rings. The monoisotopic (exact) mass is 440 g/mol. The molecular formula is C22H28N6O2S. The average Bonchev–Trinajstić information content (AvgIpc) is 3.14. The summed E-state index contributed by atoms with van der Waals surface area (Å²) in [6, 6.07) is 7.57. The van der Waals surface area contributed by atoms with E-state index in [4.69, 9.17) is 0 Å². The quantitative estimate of drug-likeness (QED) is 0.540. The number of carbonyl (C=O) groups excluding carboxylic acids is 2. The van der Waals surface area contributed by atoms with Gasteiger partial charge in [-0.1, -0.05) is 36.9 Å². The van der Waals surface area contributed by atoms with Gasteiger partial charge in [-0.3, -0.25) is 9.59 Å². The van der Waals surface area contributed by atoms with Crippen LogP contribution in [0.1, 0.15) is 35.9 Å². The SMILES string of the molecule is CCCN(CC(=O)Nc1ccccc1C)C(=O)CSc1nc2nc(C)c(C)c(C)n2n1. The van der Waals surface area contributed by atoms with E-state index in [1.54, 1.807) is 9.42 Å². The number of thioether (sulfide) groups is 1. The number of fused-ring (bicyclic) bond motifs is 1. The van der Waals surface area contributed by atoms with Crippen molar-refractivity contribution < 1.29 is 9.59 Å². The van der Waals surface area contributed by atoms with Crippen LogP contribution in [0.4, 0.5) is 5.69 Å². The van der Waals surface area contributed by atoms with E-state index in [0.717, 1.165) is 34.6 Å². The molecule has 1 aromatic carbocycles. The zero-order valence-corrected chi connectivity index (χ0v) is 19.4. The molecule has 0 saturated heterocycles. The van der Waals surface area contributed by atoms with Crippen LogP contribution < -0.4 is 5.32 Å². The number of aryl methyl sites for hydroxylation is 3. The van der Waals surface area contributed by atoms with E-state index in [9.17, 15) is 9.59 Å². The minimum absolute atomic E-state index is 0.0131. The van der Waals surface area contributed by atoms with Crippen LogP contribution in [0.25, 0.3) is 5.78 Å². The van der Waals surface area contributed by atoms with Crippen LogP contribution >= 0.6 is 11.8 Å². The first kappa shape index (κ1) is 22.7. The van der Waals surface area contributed by atoms with E-state index >= 15 is 0 Å². The van der Waals surface area contributed by atoms with Crippen LogP contribution in [-0.2, 0) is 9.59 Å². The maximum absolute atomic E-state index is 12.8. The zero-order valence-electron chi connectivity index (χ0n) is 18.6. The molecule has 31 heavy (non-hydrogen) atoms. The molecule has 0 aliphatic heterocycles. The summed E-state index contributed by atoms with van der Waals surface area (Å²) in [6.45, 7) is 10.4. The average molecular weight is 441 g/mol. The van der Waals surface area contributed by atoms with Gasteiger partial charge in [0.1, 0.15) is 0 Å². The van der Waals surface area contributed by atoms with Crippen LogP contribution in [0, 0.1) is 27.7 Å². The molecule has 0 radical (unpaired) electrons. The Bertz CT molecular complexity index is 1110. The van der Waals surface area contributed by atoms with Crippen LogP contribution in [0.2, 0.25) is 0 Å². The Labute approximate surface area is 186 Å². The largest absolute Gasteiger partial charge is 0.333 e. The first-order valence-corrected chi connectivity index (χ1v) is 11.2. The molecule has 8 nitrogen and oxygen atoms in total. The predicted octanol–water partition coefficient (Wildman–Crippen LogP) is 3.33. The summed E-state index contributed by atoms with van der Waals surface area (Å²) in [5.41, 5.74) is 4.70. The molecule has 3 rings (SSSR count). The summed E-state index contributed by atoms with van der Waals surface area (Å²) in [5.74, 6) is 0.352. The van der Waals surface area contributed by atoms with Crippen molar-refractivity contribution in [3.63, 3.8) is 0 Å². The van der Waals surface area contributed by atoms with E-state index in [1.165, 1.54) is 11.8 Å². The van der Waals surface area contributed by atoms with Crippen LogP contribution in [0.5, 0.6) is 0 Å². The van der Waals surface area contributed by atoms with Crippen molar-refractivity contribution in [2.45, 2.75) is 46.2 Å². The summed E-state index contributed by atoms with van der Waals surface area (Å²) in [5, 5.41) is 7.86. The first-order chi connectivity index (χ1) is 14.8. The highest BCUT2D eigenvalue weighted by Gasteiger charge is 2.19. The molecule has 0 spiro atoms. The lowest BCUT2D eigenvalue weighted by Crippen LogP contribution is -2.39. The molecule has 0 saturated carbocycles. The first-order valence-electron chi connectivity index (χ1n) is 10.3. The number of nitrogens with zero attached hydrogens (tertiary/aromatic N) is 5. The van der Waals surface area contributed by atoms with Gasteiger partial charge in [0.25, 0.3) is 5.78 Å². The topological polar surface area (TPSA) is 92.5 Å². The van der Waals surface area contributed by atoms with Gasteiger partial charge in [-0.2, -0.15) is 4.98 Å². The second-order valence-electron chi connectivity index (χ2n) is 7.48. The highest BCUT2D eigenvalue weighted by molar-refractivity contribution is 7.99. The van der Waals surface area contributed by atoms with Crippen LogP contribution in [0.15, 0.2) is 29.4 Å². The summed E-state index contributed by atoms with van der Waals surface area (Å²) in [6.07, 6.45) is 0.766. The molecule has 0 atom stereocenters. The van der Waals surface area contributed by atoms with Gasteiger partial charge in [0, 0.05) is 23.6 Å². The number of nitrogens with one attached hydrogen (secondary N) is 1. The number of hydrogen-bond acceptors (Lipinski definition) is 6. The molecule has 2 amide bonds. The van der Waals surface area contributed by atoms with Crippen molar-refractivity contribution in [1.29, 1.82) is 0 Å². The van der Waals surface area contributed by atoms with Crippen molar-refractivity contribution >= 4 is 35.0 Å². The van der Waals surface area contributed by atoms with Gasteiger partial charge < -0.3 is 10.2 Å². The molecule has 2 heterocycles. The number of amides is 2. The zero-order chi connectivity index (χ0) is 22.5. The maximum Gasteiger partial charge on any atom is 0.253 e. The predicted molar refractivity (Wildman–Crippen MR) is 122 cm³/mol. The Kier molecular flexibility index (Phi) is 7.27. The van der Waals surface area contributed by atoms with Crippen LogP contribution in [-0.4, -0.2) is 55.1 Å². The van der Waals surface area contributed by atoms with Gasteiger partial charge in [0.2, 0.25) is 17.0 Å². The van der Waals surface area contributed by atoms with Gasteiger partial charge in [-0.05, 0) is 51.3 Å². The molecule has 0 aliphatic rings. The molecule has 2 aromatic heterocycles. The van der Waals surface area contributed by atoms with E-state index in [0.29, 0.717) is 17.5 Å². The van der Waals surface area contributed by atoms with E-state index in [2.05, 4.69) is 20.4 Å². The van der Waals surface area contributed by atoms with Crippen LogP contribution in [0.3, 0.4) is 0 Å². The van der Waals surface area contributed by atoms with Gasteiger partial charge in [-0.25, -0.2) is 9.50 Å². The van der Waals surface area contributed by atoms with E-state index < -0.39 is 0 Å². The summed E-state index contributed by atoms with van der Waals surface area (Å²) < 4.78 is 1.70. The Morgan fingerprint density at radius 3 is 2.58 bits per heavy atom. The van der Waals surface area contributed by atoms with E-state index in [-0.39, 0.29) is 24.1 Å². The fourth-order valence-electron chi connectivity index (χ4n) is 3.15. The van der Waals surface area contributed by atoms with Gasteiger partial charge in [0.05, 0.1) is 12.3 Å². The van der Waals surface area contributed by atoms with Gasteiger partial charge >= 0.3 is 0 Å². The molecule has 0 fully saturated rings. The number of carbonyl (C=O) groups is 2. The number of para-hydroxylation sites is 1. The molecule has 0 aliphatic carbocycles. The molecule has 1 N–H and O–H groups in total. The highest BCUT2D eigenvalue weighted by atomic mass is 32.2. The molecule has 0 bridgehead atoms.